The van der Waals surface area contributed by atoms with Crippen LogP contribution in [0.4, 0.5) is 11.5 Å². The Bertz CT molecular complexity index is 1150. The molecule has 34 heavy (non-hydrogen) atoms. The van der Waals surface area contributed by atoms with E-state index >= 15 is 0 Å². The number of imidazole rings is 1. The van der Waals surface area contributed by atoms with Gasteiger partial charge in [-0.2, -0.15) is 0 Å². The van der Waals surface area contributed by atoms with Crippen molar-refractivity contribution in [1.29, 1.82) is 0 Å². The number of anilines is 2. The summed E-state index contributed by atoms with van der Waals surface area (Å²) in [6, 6.07) is 8.82. The topological polar surface area (TPSA) is 96.8 Å². The summed E-state index contributed by atoms with van der Waals surface area (Å²) < 4.78 is 2.10. The summed E-state index contributed by atoms with van der Waals surface area (Å²) in [7, 11) is 2.05. The van der Waals surface area contributed by atoms with E-state index in [0.717, 1.165) is 40.5 Å². The normalized spacial score (nSPS) is 18.2. The lowest BCUT2D eigenvalue weighted by atomic mass is 9.84. The van der Waals surface area contributed by atoms with Gasteiger partial charge < -0.3 is 20.5 Å². The van der Waals surface area contributed by atoms with E-state index in [1.165, 1.54) is 31.8 Å². The Morgan fingerprint density at radius 1 is 1.24 bits per heavy atom. The van der Waals surface area contributed by atoms with E-state index in [2.05, 4.69) is 53.0 Å². The summed E-state index contributed by atoms with van der Waals surface area (Å²) in [5.41, 5.74) is 3.51. The van der Waals surface area contributed by atoms with Gasteiger partial charge in [-0.05, 0) is 76.3 Å². The molecule has 8 heteroatoms. The predicted molar refractivity (Wildman–Crippen MR) is 136 cm³/mol. The van der Waals surface area contributed by atoms with E-state index < -0.39 is 0 Å². The Labute approximate surface area is 201 Å². The fourth-order valence-electron chi connectivity index (χ4n) is 4.59. The Hall–Kier alpha value is -3.26. The smallest absolute Gasteiger partial charge is 0.243 e. The van der Waals surface area contributed by atoms with Crippen LogP contribution in [-0.2, 0) is 17.8 Å². The second-order valence-electron chi connectivity index (χ2n) is 9.36. The molecule has 1 aliphatic carbocycles. The molecule has 0 spiro atoms. The lowest BCUT2D eigenvalue weighted by Crippen LogP contribution is -2.30. The average Bonchev–Trinajstić information content (AvgIpc) is 3.28. The Kier molecular flexibility index (Phi) is 7.57. The first kappa shape index (κ1) is 23.9. The lowest BCUT2D eigenvalue weighted by Gasteiger charge is -2.27. The highest BCUT2D eigenvalue weighted by atomic mass is 16.1. The zero-order valence-corrected chi connectivity index (χ0v) is 20.3. The molecular formula is C26H35N7O. The molecule has 0 saturated heterocycles. The molecule has 0 bridgehead atoms. The molecule has 1 aromatic carbocycles. The van der Waals surface area contributed by atoms with Crippen LogP contribution in [0.2, 0.25) is 0 Å². The van der Waals surface area contributed by atoms with Crippen molar-refractivity contribution in [2.24, 2.45) is 5.92 Å². The maximum Gasteiger partial charge on any atom is 0.243 e. The summed E-state index contributed by atoms with van der Waals surface area (Å²) >= 11 is 0. The van der Waals surface area contributed by atoms with Gasteiger partial charge in [0.15, 0.2) is 17.0 Å². The van der Waals surface area contributed by atoms with E-state index in [4.69, 9.17) is 9.97 Å². The summed E-state index contributed by atoms with van der Waals surface area (Å²) in [5.74, 6) is 1.99. The quantitative estimate of drug-likeness (QED) is 0.412. The minimum absolute atomic E-state index is 0.191. The van der Waals surface area contributed by atoms with Gasteiger partial charge in [0.1, 0.15) is 5.82 Å². The highest BCUT2D eigenvalue weighted by molar-refractivity contribution is 5.87. The Morgan fingerprint density at radius 2 is 2.03 bits per heavy atom. The van der Waals surface area contributed by atoms with Crippen LogP contribution < -0.4 is 16.0 Å². The third-order valence-electron chi connectivity index (χ3n) is 6.59. The lowest BCUT2D eigenvalue weighted by molar-refractivity contribution is -0.116. The number of fused-ring (bicyclic) bond motifs is 1. The third kappa shape index (κ3) is 5.62. The number of amides is 1. The van der Waals surface area contributed by atoms with Crippen LogP contribution in [0.25, 0.3) is 11.2 Å². The zero-order valence-electron chi connectivity index (χ0n) is 20.3. The minimum Gasteiger partial charge on any atom is -0.348 e. The van der Waals surface area contributed by atoms with Crippen LogP contribution in [0, 0.1) is 5.92 Å². The number of hydrogen-bond donors (Lipinski definition) is 3. The van der Waals surface area contributed by atoms with E-state index in [1.807, 2.05) is 30.6 Å². The number of hydrogen-bond acceptors (Lipinski definition) is 6. The molecule has 4 rings (SSSR count). The van der Waals surface area contributed by atoms with Gasteiger partial charge >= 0.3 is 0 Å². The third-order valence-corrected chi connectivity index (χ3v) is 6.59. The number of nitrogens with zero attached hydrogens (tertiary/aromatic N) is 4. The molecule has 180 valence electrons. The fourth-order valence-corrected chi connectivity index (χ4v) is 4.59. The molecule has 3 aromatic rings. The van der Waals surface area contributed by atoms with Crippen LogP contribution in [0.15, 0.2) is 43.2 Å². The second kappa shape index (κ2) is 10.8. The molecule has 0 unspecified atom stereocenters. The first-order valence-corrected chi connectivity index (χ1v) is 12.1. The van der Waals surface area contributed by atoms with Crippen LogP contribution >= 0.6 is 0 Å². The van der Waals surface area contributed by atoms with Crippen molar-refractivity contribution >= 4 is 28.6 Å². The van der Waals surface area contributed by atoms with Crippen LogP contribution in [0.5, 0.6) is 0 Å². The predicted octanol–water partition coefficient (Wildman–Crippen LogP) is 4.27. The van der Waals surface area contributed by atoms with Crippen molar-refractivity contribution in [3.05, 3.63) is 54.6 Å². The summed E-state index contributed by atoms with van der Waals surface area (Å²) in [5, 5.41) is 9.69. The number of carbonyl (C=O) groups excluding carboxylic acids is 1. The fraction of sp³-hybridized carbons (Fsp3) is 0.462. The number of benzene rings is 1. The van der Waals surface area contributed by atoms with Gasteiger partial charge in [0.2, 0.25) is 5.91 Å². The molecule has 8 nitrogen and oxygen atoms in total. The zero-order chi connectivity index (χ0) is 24.1. The standard InChI is InChI=1S/C26H35N7O/c1-5-23(34)28-15-19-7-6-8-21(13-19)30-25-24-26(33(16-29-24)17(2)3)32-22(31-25)14-18-9-11-20(27-4)12-10-18/h5-8,13,16-18,20,27H,1,9-12,14-15H2,2-4H3,(H,28,34)(H,30,31,32). The van der Waals surface area contributed by atoms with E-state index in [9.17, 15) is 4.79 Å². The average molecular weight is 462 g/mol. The molecule has 0 atom stereocenters. The van der Waals surface area contributed by atoms with Gasteiger partial charge in [0.05, 0.1) is 6.33 Å². The molecule has 1 fully saturated rings. The number of rotatable bonds is 9. The van der Waals surface area contributed by atoms with Gasteiger partial charge in [-0.1, -0.05) is 18.7 Å². The maximum absolute atomic E-state index is 11.5. The van der Waals surface area contributed by atoms with Crippen LogP contribution in [0.3, 0.4) is 0 Å². The van der Waals surface area contributed by atoms with Crippen molar-refractivity contribution in [1.82, 2.24) is 30.2 Å². The second-order valence-corrected chi connectivity index (χ2v) is 9.36. The molecule has 1 saturated carbocycles. The van der Waals surface area contributed by atoms with Crippen molar-refractivity contribution < 1.29 is 4.79 Å². The van der Waals surface area contributed by atoms with Crippen LogP contribution in [0.1, 0.15) is 57.0 Å². The van der Waals surface area contributed by atoms with Gasteiger partial charge in [-0.15, -0.1) is 0 Å². The monoisotopic (exact) mass is 461 g/mol. The minimum atomic E-state index is -0.191. The van der Waals surface area contributed by atoms with Gasteiger partial charge in [0, 0.05) is 30.7 Å². The molecule has 2 heterocycles. The van der Waals surface area contributed by atoms with E-state index in [0.29, 0.717) is 18.5 Å². The molecule has 2 aromatic heterocycles. The highest BCUT2D eigenvalue weighted by Gasteiger charge is 2.23. The summed E-state index contributed by atoms with van der Waals surface area (Å²) in [4.78, 5) is 26.0. The SMILES string of the molecule is C=CC(=O)NCc1cccc(Nc2nc(CC3CCC(NC)CC3)nc3c2ncn3C(C)C)c1. The van der Waals surface area contributed by atoms with Gasteiger partial charge in [-0.25, -0.2) is 15.0 Å². The Morgan fingerprint density at radius 3 is 2.74 bits per heavy atom. The van der Waals surface area contributed by atoms with Crippen molar-refractivity contribution in [2.75, 3.05) is 12.4 Å². The molecule has 0 aliphatic heterocycles. The maximum atomic E-state index is 11.5. The summed E-state index contributed by atoms with van der Waals surface area (Å²) in [6.07, 6.45) is 8.78. The molecular weight excluding hydrogens is 426 g/mol. The largest absolute Gasteiger partial charge is 0.348 e. The first-order valence-electron chi connectivity index (χ1n) is 12.1. The summed E-state index contributed by atoms with van der Waals surface area (Å²) in [6.45, 7) is 8.20. The number of nitrogens with one attached hydrogen (secondary N) is 3. The highest BCUT2D eigenvalue weighted by Crippen LogP contribution is 2.29. The first-order chi connectivity index (χ1) is 16.5. The van der Waals surface area contributed by atoms with Gasteiger partial charge in [0.25, 0.3) is 0 Å². The van der Waals surface area contributed by atoms with E-state index in [-0.39, 0.29) is 11.9 Å². The van der Waals surface area contributed by atoms with Crippen molar-refractivity contribution in [2.45, 2.75) is 64.6 Å². The van der Waals surface area contributed by atoms with E-state index in [1.54, 1.807) is 0 Å². The number of aromatic nitrogens is 4. The van der Waals surface area contributed by atoms with Gasteiger partial charge in [-0.3, -0.25) is 4.79 Å². The van der Waals surface area contributed by atoms with Crippen molar-refractivity contribution in [3.8, 4) is 0 Å². The molecule has 1 aliphatic rings. The molecule has 0 radical (unpaired) electrons. The number of carbonyl (C=O) groups is 1. The van der Waals surface area contributed by atoms with Crippen molar-refractivity contribution in [3.63, 3.8) is 0 Å². The molecule has 1 amide bonds. The molecule has 3 N–H and O–H groups in total. The Balaban J connectivity index is 1.60. The van der Waals surface area contributed by atoms with Crippen LogP contribution in [-0.4, -0.2) is 38.5 Å².